The summed E-state index contributed by atoms with van der Waals surface area (Å²) in [6, 6.07) is 0.458. The predicted molar refractivity (Wildman–Crippen MR) is 63.9 cm³/mol. The second-order valence-electron chi connectivity index (χ2n) is 4.29. The van der Waals surface area contributed by atoms with Crippen LogP contribution in [-0.2, 0) is 0 Å². The number of aromatic nitrogens is 1. The maximum absolute atomic E-state index is 5.74. The van der Waals surface area contributed by atoms with Gasteiger partial charge in [0, 0.05) is 18.1 Å². The van der Waals surface area contributed by atoms with Gasteiger partial charge in [-0.1, -0.05) is 0 Å². The normalized spacial score (nSPS) is 25.3. The van der Waals surface area contributed by atoms with Gasteiger partial charge in [0.05, 0.1) is 6.04 Å². The summed E-state index contributed by atoms with van der Waals surface area (Å²) in [4.78, 5) is 6.90. The van der Waals surface area contributed by atoms with Gasteiger partial charge in [-0.25, -0.2) is 4.98 Å². The van der Waals surface area contributed by atoms with E-state index in [1.165, 1.54) is 24.4 Å². The van der Waals surface area contributed by atoms with Gasteiger partial charge in [-0.3, -0.25) is 4.90 Å². The average Bonchev–Trinajstić information content (AvgIpc) is 2.81. The number of likely N-dealkylation sites (tertiary alicyclic amines) is 1. The lowest BCUT2D eigenvalue weighted by Gasteiger charge is -2.35. The second kappa shape index (κ2) is 5.05. The highest BCUT2D eigenvalue weighted by Crippen LogP contribution is 2.27. The Hall–Kier alpha value is -0.450. The third-order valence-electron chi connectivity index (χ3n) is 3.24. The molecule has 1 aromatic heterocycles. The van der Waals surface area contributed by atoms with Crippen molar-refractivity contribution >= 4 is 11.3 Å². The van der Waals surface area contributed by atoms with E-state index in [2.05, 4.69) is 22.2 Å². The van der Waals surface area contributed by atoms with Crippen molar-refractivity contribution in [3.63, 3.8) is 0 Å². The maximum Gasteiger partial charge on any atom is 0.109 e. The fourth-order valence-corrected chi connectivity index (χ4v) is 2.97. The highest BCUT2D eigenvalue weighted by molar-refractivity contribution is 7.09. The first-order chi connectivity index (χ1) is 7.31. The van der Waals surface area contributed by atoms with Crippen molar-refractivity contribution in [1.29, 1.82) is 0 Å². The van der Waals surface area contributed by atoms with E-state index >= 15 is 0 Å². The Labute approximate surface area is 95.3 Å². The standard InChI is InChI=1S/C11H19N3S/c1-9(11-13-4-6-15-11)14-5-2-3-10(7-12)8-14/h4,6,9-10H,2-3,5,7-8,12H2,1H3/t9-,10-/m1/s1. The van der Waals surface area contributed by atoms with Crippen LogP contribution in [0.4, 0.5) is 0 Å². The number of piperidine rings is 1. The van der Waals surface area contributed by atoms with Gasteiger partial charge in [0.2, 0.25) is 0 Å². The summed E-state index contributed by atoms with van der Waals surface area (Å²) in [7, 11) is 0. The molecule has 84 valence electrons. The van der Waals surface area contributed by atoms with E-state index in [1.54, 1.807) is 11.3 Å². The number of rotatable bonds is 3. The molecule has 1 fully saturated rings. The smallest absolute Gasteiger partial charge is 0.109 e. The van der Waals surface area contributed by atoms with E-state index in [9.17, 15) is 0 Å². The lowest BCUT2D eigenvalue weighted by atomic mass is 9.97. The zero-order chi connectivity index (χ0) is 10.7. The van der Waals surface area contributed by atoms with E-state index in [4.69, 9.17) is 5.73 Å². The van der Waals surface area contributed by atoms with Gasteiger partial charge in [0.25, 0.3) is 0 Å². The molecular weight excluding hydrogens is 206 g/mol. The van der Waals surface area contributed by atoms with Crippen molar-refractivity contribution in [3.05, 3.63) is 16.6 Å². The van der Waals surface area contributed by atoms with Crippen LogP contribution in [0.2, 0.25) is 0 Å². The molecule has 0 bridgehead atoms. The van der Waals surface area contributed by atoms with Gasteiger partial charge >= 0.3 is 0 Å². The number of hydrogen-bond acceptors (Lipinski definition) is 4. The van der Waals surface area contributed by atoms with Gasteiger partial charge in [-0.15, -0.1) is 11.3 Å². The number of nitrogens with zero attached hydrogens (tertiary/aromatic N) is 2. The molecule has 0 unspecified atom stereocenters. The van der Waals surface area contributed by atoms with E-state index in [1.807, 2.05) is 6.20 Å². The molecule has 0 aliphatic carbocycles. The summed E-state index contributed by atoms with van der Waals surface area (Å²) in [5, 5.41) is 3.28. The highest BCUT2D eigenvalue weighted by atomic mass is 32.1. The Bertz CT molecular complexity index is 286. The molecule has 2 heterocycles. The Balaban J connectivity index is 1.98. The van der Waals surface area contributed by atoms with Crippen LogP contribution >= 0.6 is 11.3 Å². The minimum absolute atomic E-state index is 0.458. The number of nitrogens with two attached hydrogens (primary N) is 1. The monoisotopic (exact) mass is 225 g/mol. The third kappa shape index (κ3) is 2.56. The molecule has 2 atom stereocenters. The maximum atomic E-state index is 5.74. The molecule has 0 aromatic carbocycles. The van der Waals surface area contributed by atoms with Gasteiger partial charge < -0.3 is 5.73 Å². The number of thiazole rings is 1. The molecule has 3 nitrogen and oxygen atoms in total. The molecule has 2 N–H and O–H groups in total. The van der Waals surface area contributed by atoms with Crippen LogP contribution in [0.5, 0.6) is 0 Å². The molecule has 2 rings (SSSR count). The van der Waals surface area contributed by atoms with Gasteiger partial charge in [0.15, 0.2) is 0 Å². The van der Waals surface area contributed by atoms with Crippen molar-refractivity contribution in [3.8, 4) is 0 Å². The Morgan fingerprint density at radius 3 is 3.27 bits per heavy atom. The molecule has 1 aliphatic rings. The predicted octanol–water partition coefficient (Wildman–Crippen LogP) is 1.87. The molecular formula is C11H19N3S. The van der Waals surface area contributed by atoms with Crippen molar-refractivity contribution < 1.29 is 0 Å². The summed E-state index contributed by atoms with van der Waals surface area (Å²) in [6.07, 6.45) is 4.45. The van der Waals surface area contributed by atoms with E-state index in [0.717, 1.165) is 13.1 Å². The largest absolute Gasteiger partial charge is 0.330 e. The molecule has 0 radical (unpaired) electrons. The zero-order valence-corrected chi connectivity index (χ0v) is 10.0. The average molecular weight is 225 g/mol. The zero-order valence-electron chi connectivity index (χ0n) is 9.22. The SMILES string of the molecule is C[C@H](c1nccs1)N1CCC[C@H](CN)C1. The van der Waals surface area contributed by atoms with E-state index in [0.29, 0.717) is 12.0 Å². The van der Waals surface area contributed by atoms with Crippen LogP contribution in [0.15, 0.2) is 11.6 Å². The minimum atomic E-state index is 0.458. The first-order valence-electron chi connectivity index (χ1n) is 5.64. The minimum Gasteiger partial charge on any atom is -0.330 e. The molecule has 1 aromatic rings. The van der Waals surface area contributed by atoms with Gasteiger partial charge in [0.1, 0.15) is 5.01 Å². The van der Waals surface area contributed by atoms with Crippen LogP contribution in [0.25, 0.3) is 0 Å². The van der Waals surface area contributed by atoms with Crippen molar-refractivity contribution in [1.82, 2.24) is 9.88 Å². The van der Waals surface area contributed by atoms with Crippen molar-refractivity contribution in [2.24, 2.45) is 11.7 Å². The summed E-state index contributed by atoms with van der Waals surface area (Å²) in [5.41, 5.74) is 5.74. The molecule has 0 saturated carbocycles. The summed E-state index contributed by atoms with van der Waals surface area (Å²) < 4.78 is 0. The molecule has 1 aliphatic heterocycles. The molecule has 0 amide bonds. The molecule has 15 heavy (non-hydrogen) atoms. The number of hydrogen-bond donors (Lipinski definition) is 1. The third-order valence-corrected chi connectivity index (χ3v) is 4.19. The van der Waals surface area contributed by atoms with Crippen LogP contribution in [0.1, 0.15) is 30.8 Å². The quantitative estimate of drug-likeness (QED) is 0.854. The first-order valence-corrected chi connectivity index (χ1v) is 6.52. The van der Waals surface area contributed by atoms with Crippen LogP contribution in [0.3, 0.4) is 0 Å². The Morgan fingerprint density at radius 1 is 1.73 bits per heavy atom. The van der Waals surface area contributed by atoms with E-state index < -0.39 is 0 Å². The first kappa shape index (κ1) is 11.0. The fraction of sp³-hybridized carbons (Fsp3) is 0.727. The fourth-order valence-electron chi connectivity index (χ4n) is 2.24. The van der Waals surface area contributed by atoms with Crippen LogP contribution < -0.4 is 5.73 Å². The molecule has 4 heteroatoms. The van der Waals surface area contributed by atoms with Gasteiger partial charge in [-0.2, -0.15) is 0 Å². The summed E-state index contributed by atoms with van der Waals surface area (Å²) in [5.74, 6) is 0.682. The second-order valence-corrected chi connectivity index (χ2v) is 5.21. The van der Waals surface area contributed by atoms with Crippen molar-refractivity contribution in [2.45, 2.75) is 25.8 Å². The highest BCUT2D eigenvalue weighted by Gasteiger charge is 2.24. The summed E-state index contributed by atoms with van der Waals surface area (Å²) in [6.45, 7) is 5.40. The Morgan fingerprint density at radius 2 is 2.60 bits per heavy atom. The lowest BCUT2D eigenvalue weighted by molar-refractivity contribution is 0.134. The lowest BCUT2D eigenvalue weighted by Crippen LogP contribution is -2.39. The van der Waals surface area contributed by atoms with Crippen molar-refractivity contribution in [2.75, 3.05) is 19.6 Å². The van der Waals surface area contributed by atoms with Gasteiger partial charge in [-0.05, 0) is 38.8 Å². The molecule has 1 saturated heterocycles. The Kier molecular flexibility index (Phi) is 3.72. The van der Waals surface area contributed by atoms with Crippen LogP contribution in [-0.4, -0.2) is 29.5 Å². The topological polar surface area (TPSA) is 42.2 Å². The van der Waals surface area contributed by atoms with E-state index in [-0.39, 0.29) is 0 Å². The van der Waals surface area contributed by atoms with Crippen LogP contribution in [0, 0.1) is 5.92 Å². The molecule has 0 spiro atoms. The summed E-state index contributed by atoms with van der Waals surface area (Å²) >= 11 is 1.75.